The Balaban J connectivity index is 1.73. The summed E-state index contributed by atoms with van der Waals surface area (Å²) in [5.74, 6) is 0.580. The molecule has 1 fully saturated rings. The van der Waals surface area contributed by atoms with Gasteiger partial charge in [-0.15, -0.1) is 0 Å². The Bertz CT molecular complexity index is 562. The summed E-state index contributed by atoms with van der Waals surface area (Å²) in [5.41, 5.74) is 1.11. The van der Waals surface area contributed by atoms with Gasteiger partial charge < -0.3 is 19.7 Å². The number of carbonyl (C=O) groups is 2. The molecule has 6 nitrogen and oxygen atoms in total. The van der Waals surface area contributed by atoms with Gasteiger partial charge in [0.1, 0.15) is 5.75 Å². The molecular formula is C18H26N2O4. The molecule has 0 saturated carbocycles. The first-order valence-corrected chi connectivity index (χ1v) is 8.31. The lowest BCUT2D eigenvalue weighted by Crippen LogP contribution is -2.34. The molecule has 0 radical (unpaired) electrons. The first kappa shape index (κ1) is 18.3. The van der Waals surface area contributed by atoms with Crippen molar-refractivity contribution in [3.05, 3.63) is 29.8 Å². The summed E-state index contributed by atoms with van der Waals surface area (Å²) in [7, 11) is 3.28. The van der Waals surface area contributed by atoms with Crippen LogP contribution in [0.25, 0.3) is 0 Å². The van der Waals surface area contributed by atoms with Crippen LogP contribution in [0.15, 0.2) is 24.3 Å². The van der Waals surface area contributed by atoms with E-state index in [1.54, 1.807) is 19.1 Å². The third-order valence-electron chi connectivity index (χ3n) is 4.21. The molecule has 1 aromatic rings. The highest BCUT2D eigenvalue weighted by Crippen LogP contribution is 2.18. The fourth-order valence-corrected chi connectivity index (χ4v) is 2.87. The number of methoxy groups -OCH3 is 2. The molecule has 0 bridgehead atoms. The summed E-state index contributed by atoms with van der Waals surface area (Å²) in [6, 6.07) is 7.79. The van der Waals surface area contributed by atoms with E-state index in [0.29, 0.717) is 32.7 Å². The minimum absolute atomic E-state index is 0.0412. The van der Waals surface area contributed by atoms with Gasteiger partial charge in [-0.2, -0.15) is 0 Å². The van der Waals surface area contributed by atoms with Gasteiger partial charge in [-0.25, -0.2) is 0 Å². The van der Waals surface area contributed by atoms with Gasteiger partial charge in [0.2, 0.25) is 11.8 Å². The maximum atomic E-state index is 12.2. The van der Waals surface area contributed by atoms with Crippen LogP contribution in [0.4, 0.5) is 0 Å². The monoisotopic (exact) mass is 334 g/mol. The lowest BCUT2D eigenvalue weighted by atomic mass is 10.1. The number of nitrogens with one attached hydrogen (secondary N) is 1. The molecule has 2 rings (SSSR count). The summed E-state index contributed by atoms with van der Waals surface area (Å²) in [5, 5.41) is 2.94. The molecule has 0 aromatic heterocycles. The van der Waals surface area contributed by atoms with E-state index in [1.165, 1.54) is 0 Å². The molecule has 1 aliphatic rings. The highest BCUT2D eigenvalue weighted by Gasteiger charge is 2.33. The zero-order valence-electron chi connectivity index (χ0n) is 14.4. The zero-order chi connectivity index (χ0) is 17.4. The number of rotatable bonds is 9. The predicted molar refractivity (Wildman–Crippen MR) is 90.9 cm³/mol. The van der Waals surface area contributed by atoms with Crippen LogP contribution in [-0.4, -0.2) is 57.2 Å². The fraction of sp³-hybridized carbons (Fsp3) is 0.556. The summed E-state index contributed by atoms with van der Waals surface area (Å²) < 4.78 is 10.2. The van der Waals surface area contributed by atoms with Gasteiger partial charge in [0.15, 0.2) is 0 Å². The van der Waals surface area contributed by atoms with Crippen molar-refractivity contribution in [1.29, 1.82) is 0 Å². The van der Waals surface area contributed by atoms with E-state index < -0.39 is 0 Å². The molecule has 1 atom stereocenters. The Morgan fingerprint density at radius 1 is 1.38 bits per heavy atom. The van der Waals surface area contributed by atoms with E-state index in [9.17, 15) is 9.59 Å². The van der Waals surface area contributed by atoms with Crippen molar-refractivity contribution in [1.82, 2.24) is 10.2 Å². The number of nitrogens with zero attached hydrogens (tertiary/aromatic N) is 1. The van der Waals surface area contributed by atoms with Crippen molar-refractivity contribution in [2.24, 2.45) is 5.92 Å². The molecule has 1 saturated heterocycles. The van der Waals surface area contributed by atoms with Crippen LogP contribution in [0.2, 0.25) is 0 Å². The molecule has 1 unspecified atom stereocenters. The quantitative estimate of drug-likeness (QED) is 0.690. The summed E-state index contributed by atoms with van der Waals surface area (Å²) in [6.45, 7) is 2.34. The van der Waals surface area contributed by atoms with Crippen LogP contribution in [0.5, 0.6) is 5.75 Å². The second-order valence-electron chi connectivity index (χ2n) is 5.98. The molecular weight excluding hydrogens is 308 g/mol. The maximum Gasteiger partial charge on any atom is 0.225 e. The second kappa shape index (κ2) is 9.27. The maximum absolute atomic E-state index is 12.2. The first-order valence-electron chi connectivity index (χ1n) is 8.31. The van der Waals surface area contributed by atoms with Crippen molar-refractivity contribution in [3.63, 3.8) is 0 Å². The number of amides is 2. The van der Waals surface area contributed by atoms with Crippen LogP contribution in [-0.2, 0) is 20.7 Å². The number of hydrogen-bond acceptors (Lipinski definition) is 4. The molecule has 1 aromatic carbocycles. The summed E-state index contributed by atoms with van der Waals surface area (Å²) in [4.78, 5) is 25.9. The van der Waals surface area contributed by atoms with Gasteiger partial charge in [-0.3, -0.25) is 9.59 Å². The van der Waals surface area contributed by atoms with Crippen molar-refractivity contribution in [2.45, 2.75) is 19.3 Å². The van der Waals surface area contributed by atoms with Gasteiger partial charge in [-0.1, -0.05) is 12.1 Å². The van der Waals surface area contributed by atoms with E-state index in [0.717, 1.165) is 24.2 Å². The number of ether oxygens (including phenoxy) is 2. The molecule has 1 heterocycles. The predicted octanol–water partition coefficient (Wildman–Crippen LogP) is 1.24. The molecule has 132 valence electrons. The average molecular weight is 334 g/mol. The third-order valence-corrected chi connectivity index (χ3v) is 4.21. The first-order chi connectivity index (χ1) is 11.6. The SMILES string of the molecule is COCCCN1CC(C(=O)NCCc2cccc(OC)c2)CC1=O. The van der Waals surface area contributed by atoms with Crippen molar-refractivity contribution in [3.8, 4) is 5.75 Å². The Morgan fingerprint density at radius 2 is 2.21 bits per heavy atom. The second-order valence-corrected chi connectivity index (χ2v) is 5.98. The van der Waals surface area contributed by atoms with Crippen molar-refractivity contribution >= 4 is 11.8 Å². The molecule has 6 heteroatoms. The largest absolute Gasteiger partial charge is 0.497 e. The van der Waals surface area contributed by atoms with Crippen LogP contribution >= 0.6 is 0 Å². The molecule has 0 aliphatic carbocycles. The van der Waals surface area contributed by atoms with Gasteiger partial charge in [0.25, 0.3) is 0 Å². The Hall–Kier alpha value is -2.08. The minimum atomic E-state index is -0.245. The van der Waals surface area contributed by atoms with E-state index in [4.69, 9.17) is 9.47 Å². The van der Waals surface area contributed by atoms with Gasteiger partial charge in [-0.05, 0) is 30.5 Å². The Morgan fingerprint density at radius 3 is 2.96 bits per heavy atom. The number of benzene rings is 1. The zero-order valence-corrected chi connectivity index (χ0v) is 14.4. The number of likely N-dealkylation sites (tertiary alicyclic amines) is 1. The molecule has 2 amide bonds. The lowest BCUT2D eigenvalue weighted by Gasteiger charge is -2.16. The van der Waals surface area contributed by atoms with E-state index >= 15 is 0 Å². The standard InChI is InChI=1S/C18H26N2O4/c1-23-10-4-9-20-13-15(12-17(20)21)18(22)19-8-7-14-5-3-6-16(11-14)24-2/h3,5-6,11,15H,4,7-10,12-13H2,1-2H3,(H,19,22). The van der Waals surface area contributed by atoms with Gasteiger partial charge >= 0.3 is 0 Å². The lowest BCUT2D eigenvalue weighted by molar-refractivity contribution is -0.129. The highest BCUT2D eigenvalue weighted by molar-refractivity contribution is 5.89. The van der Waals surface area contributed by atoms with Gasteiger partial charge in [0.05, 0.1) is 13.0 Å². The Kier molecular flexibility index (Phi) is 7.06. The fourth-order valence-electron chi connectivity index (χ4n) is 2.87. The smallest absolute Gasteiger partial charge is 0.225 e. The number of hydrogen-bond donors (Lipinski definition) is 1. The van der Waals surface area contributed by atoms with Crippen LogP contribution in [0.3, 0.4) is 0 Å². The molecule has 1 aliphatic heterocycles. The average Bonchev–Trinajstić information content (AvgIpc) is 2.96. The summed E-state index contributed by atoms with van der Waals surface area (Å²) in [6.07, 6.45) is 1.84. The van der Waals surface area contributed by atoms with E-state index in [1.807, 2.05) is 24.3 Å². The third kappa shape index (κ3) is 5.23. The van der Waals surface area contributed by atoms with E-state index in [2.05, 4.69) is 5.32 Å². The van der Waals surface area contributed by atoms with Crippen LogP contribution < -0.4 is 10.1 Å². The van der Waals surface area contributed by atoms with E-state index in [-0.39, 0.29) is 17.7 Å². The Labute approximate surface area is 143 Å². The highest BCUT2D eigenvalue weighted by atomic mass is 16.5. The normalized spacial score (nSPS) is 17.2. The van der Waals surface area contributed by atoms with Gasteiger partial charge in [0, 0.05) is 39.8 Å². The topological polar surface area (TPSA) is 67.9 Å². The molecule has 24 heavy (non-hydrogen) atoms. The number of carbonyl (C=O) groups excluding carboxylic acids is 2. The van der Waals surface area contributed by atoms with Crippen molar-refractivity contribution < 1.29 is 19.1 Å². The van der Waals surface area contributed by atoms with Crippen molar-refractivity contribution in [2.75, 3.05) is 40.5 Å². The molecule has 1 N–H and O–H groups in total. The minimum Gasteiger partial charge on any atom is -0.497 e. The summed E-state index contributed by atoms with van der Waals surface area (Å²) >= 11 is 0. The van der Waals surface area contributed by atoms with Crippen LogP contribution in [0, 0.1) is 5.92 Å². The molecule has 0 spiro atoms. The van der Waals surface area contributed by atoms with Crippen LogP contribution in [0.1, 0.15) is 18.4 Å².